The molecule has 0 bridgehead atoms. The Kier molecular flexibility index (Phi) is 8.69. The van der Waals surface area contributed by atoms with Gasteiger partial charge >= 0.3 is 12.4 Å². The molecule has 0 saturated heterocycles. The highest BCUT2D eigenvalue weighted by Crippen LogP contribution is 2.40. The number of nitrogens with one attached hydrogen (secondary N) is 2. The zero-order valence-electron chi connectivity index (χ0n) is 21.4. The van der Waals surface area contributed by atoms with E-state index in [1.54, 1.807) is 24.3 Å². The Bertz CT molecular complexity index is 1230. The summed E-state index contributed by atoms with van der Waals surface area (Å²) in [4.78, 5) is 13.1. The Morgan fingerprint density at radius 2 is 1.38 bits per heavy atom. The van der Waals surface area contributed by atoms with Crippen LogP contribution in [0, 0.1) is 5.92 Å². The summed E-state index contributed by atoms with van der Waals surface area (Å²) < 4.78 is 80.4. The third-order valence-corrected chi connectivity index (χ3v) is 7.33. The minimum absolute atomic E-state index is 0.120. The summed E-state index contributed by atoms with van der Waals surface area (Å²) in [6.07, 6.45) is -6.85. The van der Waals surface area contributed by atoms with Crippen LogP contribution < -0.4 is 10.6 Å². The molecule has 0 spiro atoms. The number of hydrogen-bond donors (Lipinski definition) is 2. The van der Waals surface area contributed by atoms with E-state index in [1.165, 1.54) is 12.5 Å². The number of benzene rings is 3. The molecule has 0 radical (unpaired) electrons. The Morgan fingerprint density at radius 1 is 0.821 bits per heavy atom. The number of para-hydroxylation sites is 1. The average molecular weight is 549 g/mol. The summed E-state index contributed by atoms with van der Waals surface area (Å²) in [5, 5.41) is 6.42. The van der Waals surface area contributed by atoms with E-state index in [0.29, 0.717) is 30.1 Å². The van der Waals surface area contributed by atoms with Gasteiger partial charge in [-0.25, -0.2) is 0 Å². The molecule has 1 unspecified atom stereocenters. The molecule has 0 aliphatic heterocycles. The monoisotopic (exact) mass is 548 g/mol. The molecule has 1 atom stereocenters. The molecule has 0 heterocycles. The lowest BCUT2D eigenvalue weighted by atomic mass is 9.85. The molecule has 208 valence electrons. The van der Waals surface area contributed by atoms with Gasteiger partial charge in [-0.05, 0) is 66.6 Å². The fraction of sp³-hybridized carbons (Fsp3) is 0.367. The first-order valence-corrected chi connectivity index (χ1v) is 12.9. The zero-order chi connectivity index (χ0) is 28.2. The second-order valence-corrected chi connectivity index (χ2v) is 10.1. The van der Waals surface area contributed by atoms with Gasteiger partial charge in [-0.2, -0.15) is 26.3 Å². The van der Waals surface area contributed by atoms with Crippen LogP contribution in [-0.4, -0.2) is 11.9 Å². The molecule has 1 aliphatic rings. The molecule has 3 nitrogen and oxygen atoms in total. The molecule has 1 fully saturated rings. The maximum Gasteiger partial charge on any atom is 0.416 e. The van der Waals surface area contributed by atoms with Crippen molar-refractivity contribution >= 4 is 11.6 Å². The number of carbonyl (C=O) groups is 1. The summed E-state index contributed by atoms with van der Waals surface area (Å²) in [5.41, 5.74) is -0.853. The zero-order valence-corrected chi connectivity index (χ0v) is 21.4. The molecule has 9 heteroatoms. The number of halogens is 6. The van der Waals surface area contributed by atoms with E-state index < -0.39 is 29.4 Å². The van der Waals surface area contributed by atoms with Crippen molar-refractivity contribution in [3.8, 4) is 0 Å². The fourth-order valence-electron chi connectivity index (χ4n) is 5.05. The van der Waals surface area contributed by atoms with Crippen LogP contribution in [0.3, 0.4) is 0 Å². The highest BCUT2D eigenvalue weighted by Gasteiger charge is 2.37. The number of rotatable bonds is 7. The van der Waals surface area contributed by atoms with Crippen molar-refractivity contribution < 1.29 is 31.1 Å². The van der Waals surface area contributed by atoms with Crippen molar-refractivity contribution in [2.45, 2.75) is 63.5 Å². The third kappa shape index (κ3) is 7.41. The second-order valence-electron chi connectivity index (χ2n) is 10.1. The predicted octanol–water partition coefficient (Wildman–Crippen LogP) is 8.16. The molecule has 4 rings (SSSR count). The van der Waals surface area contributed by atoms with Gasteiger partial charge in [0.25, 0.3) is 0 Å². The topological polar surface area (TPSA) is 41.1 Å². The van der Waals surface area contributed by atoms with Crippen LogP contribution in [0.4, 0.5) is 32.0 Å². The number of hydrogen-bond acceptors (Lipinski definition) is 2. The van der Waals surface area contributed by atoms with E-state index in [2.05, 4.69) is 10.6 Å². The Balaban J connectivity index is 1.45. The van der Waals surface area contributed by atoms with Crippen LogP contribution in [0.2, 0.25) is 0 Å². The minimum atomic E-state index is -4.93. The smallest absolute Gasteiger partial charge is 0.326 e. The molecular formula is C30H30F6N2O. The first kappa shape index (κ1) is 28.7. The van der Waals surface area contributed by atoms with Crippen molar-refractivity contribution in [3.05, 3.63) is 101 Å². The highest BCUT2D eigenvalue weighted by atomic mass is 19.4. The van der Waals surface area contributed by atoms with E-state index in [0.717, 1.165) is 31.5 Å². The van der Waals surface area contributed by atoms with E-state index in [9.17, 15) is 31.1 Å². The van der Waals surface area contributed by atoms with Crippen molar-refractivity contribution in [2.24, 2.45) is 5.92 Å². The first-order chi connectivity index (χ1) is 18.4. The minimum Gasteiger partial charge on any atom is -0.326 e. The molecule has 3 aromatic rings. The Hall–Kier alpha value is -3.33. The van der Waals surface area contributed by atoms with E-state index in [-0.39, 0.29) is 23.5 Å². The second kappa shape index (κ2) is 11.8. The lowest BCUT2D eigenvalue weighted by Crippen LogP contribution is -2.36. The standard InChI is InChI=1S/C30H30F6N2O/c1-19(22-15-23(29(31,32)33)17-24(16-22)30(34,35)36)26-9-5-6-10-27(26)38-28(39)21-11-13-25(14-12-21)37-18-20-7-3-2-4-8-20/h2-10,15-17,19,21,25,37H,11-14,18H2,1H3,(H,38,39)/t19?,21-,25+. The maximum absolute atomic E-state index is 13.4. The summed E-state index contributed by atoms with van der Waals surface area (Å²) in [6, 6.07) is 18.5. The van der Waals surface area contributed by atoms with Gasteiger partial charge in [0, 0.05) is 30.1 Å². The largest absolute Gasteiger partial charge is 0.416 e. The molecule has 1 aliphatic carbocycles. The first-order valence-electron chi connectivity index (χ1n) is 12.9. The van der Waals surface area contributed by atoms with Gasteiger partial charge in [0.05, 0.1) is 11.1 Å². The quantitative estimate of drug-likeness (QED) is 0.293. The lowest BCUT2D eigenvalue weighted by Gasteiger charge is -2.29. The molecule has 39 heavy (non-hydrogen) atoms. The van der Waals surface area contributed by atoms with Crippen molar-refractivity contribution in [1.82, 2.24) is 5.32 Å². The summed E-state index contributed by atoms with van der Waals surface area (Å²) in [7, 11) is 0. The number of anilines is 1. The molecule has 1 amide bonds. The molecule has 3 aromatic carbocycles. The van der Waals surface area contributed by atoms with Gasteiger partial charge in [0.1, 0.15) is 0 Å². The van der Waals surface area contributed by atoms with Crippen LogP contribution in [-0.2, 0) is 23.7 Å². The molecular weight excluding hydrogens is 518 g/mol. The molecule has 0 aromatic heterocycles. The molecule has 1 saturated carbocycles. The summed E-state index contributed by atoms with van der Waals surface area (Å²) in [6.45, 7) is 2.28. The Labute approximate surface area is 223 Å². The third-order valence-electron chi connectivity index (χ3n) is 7.33. The normalized spacial score (nSPS) is 18.9. The van der Waals surface area contributed by atoms with E-state index in [4.69, 9.17) is 0 Å². The van der Waals surface area contributed by atoms with Gasteiger partial charge in [-0.3, -0.25) is 4.79 Å². The van der Waals surface area contributed by atoms with Gasteiger partial charge in [0.15, 0.2) is 0 Å². The van der Waals surface area contributed by atoms with Crippen molar-refractivity contribution in [2.75, 3.05) is 5.32 Å². The van der Waals surface area contributed by atoms with Gasteiger partial charge < -0.3 is 10.6 Å². The molecule has 2 N–H and O–H groups in total. The van der Waals surface area contributed by atoms with Gasteiger partial charge in [-0.15, -0.1) is 0 Å². The van der Waals surface area contributed by atoms with Crippen molar-refractivity contribution in [1.29, 1.82) is 0 Å². The van der Waals surface area contributed by atoms with Gasteiger partial charge in [0.2, 0.25) is 5.91 Å². The van der Waals surface area contributed by atoms with E-state index >= 15 is 0 Å². The fourth-order valence-corrected chi connectivity index (χ4v) is 5.05. The van der Waals surface area contributed by atoms with Crippen LogP contribution in [0.1, 0.15) is 66.3 Å². The highest BCUT2D eigenvalue weighted by molar-refractivity contribution is 5.93. The Morgan fingerprint density at radius 3 is 1.97 bits per heavy atom. The number of carbonyl (C=O) groups excluding carboxylic acids is 1. The lowest BCUT2D eigenvalue weighted by molar-refractivity contribution is -0.143. The van der Waals surface area contributed by atoms with Crippen LogP contribution in [0.15, 0.2) is 72.8 Å². The predicted molar refractivity (Wildman–Crippen MR) is 138 cm³/mol. The van der Waals surface area contributed by atoms with Crippen LogP contribution in [0.5, 0.6) is 0 Å². The van der Waals surface area contributed by atoms with E-state index in [1.807, 2.05) is 30.3 Å². The summed E-state index contributed by atoms with van der Waals surface area (Å²) in [5.74, 6) is -1.26. The maximum atomic E-state index is 13.4. The van der Waals surface area contributed by atoms with Crippen LogP contribution in [0.25, 0.3) is 0 Å². The van der Waals surface area contributed by atoms with Gasteiger partial charge in [-0.1, -0.05) is 55.5 Å². The average Bonchev–Trinajstić information content (AvgIpc) is 2.91. The number of amides is 1. The number of alkyl halides is 6. The summed E-state index contributed by atoms with van der Waals surface area (Å²) >= 11 is 0. The van der Waals surface area contributed by atoms with Crippen LogP contribution >= 0.6 is 0 Å². The van der Waals surface area contributed by atoms with Crippen molar-refractivity contribution in [3.63, 3.8) is 0 Å². The SMILES string of the molecule is CC(c1cc(C(F)(F)F)cc(C(F)(F)F)c1)c1ccccc1NC(=O)[C@H]1CC[C@@H](NCc2ccccc2)CC1.